The molecule has 0 fully saturated rings. The van der Waals surface area contributed by atoms with Gasteiger partial charge >= 0.3 is 70.9 Å². The Morgan fingerprint density at radius 3 is 1.40 bits per heavy atom. The van der Waals surface area contributed by atoms with E-state index in [4.69, 9.17) is 55.7 Å². The number of nitrogens with zero attached hydrogens (tertiary/aromatic N) is 1. The number of aliphatic imine (C=N–C) groups is 1. The molecule has 0 unspecified atom stereocenters. The van der Waals surface area contributed by atoms with Gasteiger partial charge in [-0.05, 0) is 146 Å². The van der Waals surface area contributed by atoms with E-state index in [0.29, 0.717) is 27.1 Å². The minimum atomic E-state index is -0.308. The van der Waals surface area contributed by atoms with Crippen LogP contribution in [-0.2, 0) is 9.72 Å². The molecule has 0 heterocycles. The quantitative estimate of drug-likeness (QED) is 0.0454. The van der Waals surface area contributed by atoms with Crippen LogP contribution in [0.25, 0.3) is 0 Å². The fraction of sp³-hybridized carbons (Fsp3) is 0.179. The van der Waals surface area contributed by atoms with Crippen LogP contribution in [-0.4, -0.2) is 31.3 Å². The molecule has 0 saturated heterocycles. The van der Waals surface area contributed by atoms with E-state index < -0.39 is 0 Å². The zero-order valence-corrected chi connectivity index (χ0v) is 48.0. The number of hydrogen-bond acceptors (Lipinski definition) is 7. The van der Waals surface area contributed by atoms with Crippen LogP contribution in [0, 0.1) is 20.8 Å². The van der Waals surface area contributed by atoms with Gasteiger partial charge in [0.25, 0.3) is 0 Å². The summed E-state index contributed by atoms with van der Waals surface area (Å²) in [6.07, 6.45) is 1.46. The molecule has 5 aromatic carbocycles. The zero-order valence-electron chi connectivity index (χ0n) is 31.4. The summed E-state index contributed by atoms with van der Waals surface area (Å²) in [5.41, 5.74) is 17.2. The maximum absolute atomic E-state index is 11.8. The van der Waals surface area contributed by atoms with Gasteiger partial charge in [0, 0.05) is 75.0 Å². The number of carbonyl (C=O) groups is 1. The van der Waals surface area contributed by atoms with Crippen LogP contribution in [0.3, 0.4) is 0 Å². The number of isocyanates is 1. The van der Waals surface area contributed by atoms with Crippen molar-refractivity contribution in [1.29, 1.82) is 0 Å². The van der Waals surface area contributed by atoms with Gasteiger partial charge in [0.15, 0.2) is 0 Å². The number of aryl methyl sites for hydroxylation is 3. The Labute approximate surface area is 433 Å². The molecule has 9 nitrogen and oxygen atoms in total. The van der Waals surface area contributed by atoms with Crippen molar-refractivity contribution in [3.05, 3.63) is 135 Å². The number of carbonyl (C=O) groups excluding carboxylic acids is 2. The van der Waals surface area contributed by atoms with E-state index in [9.17, 15) is 9.59 Å². The number of methoxy groups -OCH3 is 2. The first kappa shape index (κ1) is 62.1. The number of benzene rings is 5. The number of rotatable bonds is 5. The molecule has 0 aromatic heterocycles. The van der Waals surface area contributed by atoms with Gasteiger partial charge in [-0.15, -0.1) is 0 Å². The summed E-state index contributed by atoms with van der Waals surface area (Å²) < 4.78 is 9.97. The number of urea groups is 1. The number of halogens is 9. The number of anilines is 4. The van der Waals surface area contributed by atoms with Gasteiger partial charge in [0.2, 0.25) is 6.08 Å². The van der Waals surface area contributed by atoms with Crippen molar-refractivity contribution in [3.63, 3.8) is 0 Å². The number of ether oxygens (including phenoxy) is 2. The molecular weight excluding hydrogens is 1520 g/mol. The van der Waals surface area contributed by atoms with E-state index in [0.717, 1.165) is 44.6 Å². The van der Waals surface area contributed by atoms with E-state index in [1.54, 1.807) is 93.1 Å². The van der Waals surface area contributed by atoms with E-state index in [1.165, 1.54) is 6.08 Å². The average Bonchev–Trinajstić information content (AvgIpc) is 3.19. The maximum atomic E-state index is 11.8. The van der Waals surface area contributed by atoms with Gasteiger partial charge in [-0.25, -0.2) is 9.59 Å². The summed E-state index contributed by atoms with van der Waals surface area (Å²) in [7, 11) is 3.23. The van der Waals surface area contributed by atoms with Crippen molar-refractivity contribution in [2.24, 2.45) is 4.99 Å². The molecule has 0 aliphatic heterocycles. The van der Waals surface area contributed by atoms with Crippen LogP contribution in [0.4, 0.5) is 33.2 Å². The van der Waals surface area contributed by atoms with Crippen LogP contribution in [0.1, 0.15) is 24.1 Å². The van der Waals surface area contributed by atoms with Crippen LogP contribution < -0.4 is 31.6 Å². The van der Waals surface area contributed by atoms with Crippen LogP contribution in [0.2, 0.25) is 15.1 Å². The van der Waals surface area contributed by atoms with Crippen molar-refractivity contribution < 1.29 is 24.0 Å². The van der Waals surface area contributed by atoms with Crippen molar-refractivity contribution in [2.45, 2.75) is 28.2 Å². The van der Waals surface area contributed by atoms with Gasteiger partial charge in [-0.3, -0.25) is 0 Å². The van der Waals surface area contributed by atoms with E-state index >= 15 is 0 Å². The predicted octanol–water partition coefficient (Wildman–Crippen LogP) is 16.5. The first-order valence-electron chi connectivity index (χ1n) is 15.6. The van der Waals surface area contributed by atoms with Gasteiger partial charge in [-0.2, -0.15) is 4.99 Å². The molecule has 5 rings (SSSR count). The second kappa shape index (κ2) is 38.5. The molecule has 0 radical (unpaired) electrons. The number of amides is 2. The Balaban J connectivity index is -0.000000685. The van der Waals surface area contributed by atoms with Gasteiger partial charge in [0.05, 0.1) is 19.9 Å². The first-order valence-corrected chi connectivity index (χ1v) is 38.7. The average molecular weight is 1570 g/mol. The van der Waals surface area contributed by atoms with E-state index in [-0.39, 0.29) is 18.4 Å². The fourth-order valence-electron chi connectivity index (χ4n) is 3.71. The topological polar surface area (TPSA) is 141 Å². The molecule has 0 aliphatic rings. The number of nitrogen functional groups attached to an aromatic ring is 2. The molecule has 19 heteroatoms. The Morgan fingerprint density at radius 1 is 0.638 bits per heavy atom. The molecule has 5 aromatic rings. The van der Waals surface area contributed by atoms with Gasteiger partial charge < -0.3 is 31.6 Å². The molecule has 318 valence electrons. The predicted molar refractivity (Wildman–Crippen MR) is 301 cm³/mol. The Morgan fingerprint density at radius 2 is 1.00 bits per heavy atom. The van der Waals surface area contributed by atoms with Gasteiger partial charge in [0.1, 0.15) is 11.5 Å². The standard InChI is InChI=1S/C15H15ClN2O2.C8H6ClNO.C7H8ClN.C7H9NO.CH3I.CH4.I2.3HI.V/c1-10-9-12(5-8-14(10)16)18-15(19)17-11-3-6-13(20-2)7-4-11;1-6-4-7(10-5-11)2-3-8(6)9;1-5-4-6(9)2-3-7(5)8;1-9-7-4-2-6(8)3-5-7;1-2;;1-2;;;;/h3-9H,1-2H3,(H2,17,18,19);2-4H,1H3;2-4H,9H2,1H3;2-5H,8H2,1H3;1H3;1H4;;3*1H;/q;;;;;;;;;;+3/p-3. The number of nitrogens with two attached hydrogens (primary N) is 2. The molecule has 0 saturated carbocycles. The van der Waals surface area contributed by atoms with Crippen LogP contribution >= 0.6 is 155 Å². The summed E-state index contributed by atoms with van der Waals surface area (Å²) in [4.78, 5) is 26.8. The first-order chi connectivity index (χ1) is 27.1. The fourth-order valence-corrected chi connectivity index (χ4v) is 4.07. The van der Waals surface area contributed by atoms with E-state index in [1.807, 2.05) is 50.0 Å². The second-order valence-electron chi connectivity index (χ2n) is 10.4. The monoisotopic (exact) mass is 1560 g/mol. The summed E-state index contributed by atoms with van der Waals surface area (Å²) in [6.45, 7) is 5.67. The SMILES string of the molecule is C.CI.COc1ccc(N)cc1.COc1ccc(NC(=O)Nc2ccc(Cl)c(C)c2)cc1.Cc1cc(N)ccc1Cl.Cc1cc(N=C=O)ccc1Cl.II.[I][V]([I])[I]. The molecule has 58 heavy (non-hydrogen) atoms. The summed E-state index contributed by atoms with van der Waals surface area (Å²) >= 11 is 31.2. The van der Waals surface area contributed by atoms with Crippen LogP contribution in [0.5, 0.6) is 11.5 Å². The molecule has 0 atom stereocenters. The van der Waals surface area contributed by atoms with Crippen LogP contribution in [0.15, 0.2) is 108 Å². The van der Waals surface area contributed by atoms with E-state index in [2.05, 4.69) is 135 Å². The molecule has 2 amide bonds. The van der Waals surface area contributed by atoms with Crippen molar-refractivity contribution >= 4 is 195 Å². The third-order valence-electron chi connectivity index (χ3n) is 6.38. The summed E-state index contributed by atoms with van der Waals surface area (Å²) in [6, 6.07) is 29.9. The Kier molecular flexibility index (Phi) is 41.2. The zero-order chi connectivity index (χ0) is 43.9. The Bertz CT molecular complexity index is 1930. The summed E-state index contributed by atoms with van der Waals surface area (Å²) in [5.74, 6) is 1.58. The minimum absolute atomic E-state index is 0. The van der Waals surface area contributed by atoms with Crippen molar-refractivity contribution in [2.75, 3.05) is 41.3 Å². The molecular formula is C39H45Cl3I6N5O4V. The van der Waals surface area contributed by atoms with Gasteiger partial charge in [-0.1, -0.05) is 64.8 Å². The Hall–Kier alpha value is -0.216. The molecule has 6 N–H and O–H groups in total. The normalized spacial score (nSPS) is 8.83. The molecule has 0 bridgehead atoms. The molecule has 0 aliphatic carbocycles. The van der Waals surface area contributed by atoms with Crippen molar-refractivity contribution in [1.82, 2.24) is 0 Å². The number of alkyl halides is 1. The summed E-state index contributed by atoms with van der Waals surface area (Å²) in [5, 5.41) is 7.60. The molecule has 0 spiro atoms. The third-order valence-corrected chi connectivity index (χ3v) is 7.65. The number of hydrogen-bond donors (Lipinski definition) is 4. The second-order valence-corrected chi connectivity index (χ2v) is 47.0. The van der Waals surface area contributed by atoms with Crippen molar-refractivity contribution in [3.8, 4) is 11.5 Å². The number of nitrogens with one attached hydrogen (secondary N) is 2. The third kappa shape index (κ3) is 30.8.